The third-order valence-electron chi connectivity index (χ3n) is 5.76. The second kappa shape index (κ2) is 9.31. The highest BCUT2D eigenvalue weighted by atomic mass is 32.2. The molecule has 174 valence electrons. The number of fused-ring (bicyclic) bond motifs is 1. The number of benzene rings is 3. The van der Waals surface area contributed by atoms with Gasteiger partial charge >= 0.3 is 0 Å². The van der Waals surface area contributed by atoms with Gasteiger partial charge in [-0.15, -0.1) is 0 Å². The largest absolute Gasteiger partial charge is 0.494 e. The quantitative estimate of drug-likeness (QED) is 0.565. The average molecular weight is 470 g/mol. The minimum atomic E-state index is -3.09. The van der Waals surface area contributed by atoms with Crippen molar-refractivity contribution in [3.05, 3.63) is 54.1 Å². The van der Waals surface area contributed by atoms with E-state index >= 15 is 0 Å². The summed E-state index contributed by atoms with van der Waals surface area (Å²) >= 11 is 0. The molecule has 1 amide bonds. The van der Waals surface area contributed by atoms with Crippen LogP contribution in [0.25, 0.3) is 21.9 Å². The van der Waals surface area contributed by atoms with Gasteiger partial charge in [-0.2, -0.15) is 0 Å². The van der Waals surface area contributed by atoms with Crippen LogP contribution >= 0.6 is 0 Å². The van der Waals surface area contributed by atoms with Gasteiger partial charge in [0.15, 0.2) is 21.3 Å². The molecule has 1 aliphatic heterocycles. The molecule has 1 fully saturated rings. The summed E-state index contributed by atoms with van der Waals surface area (Å²) in [6.07, 6.45) is 0.429. The fraction of sp³-hybridized carbons (Fsp3) is 0.320. The van der Waals surface area contributed by atoms with Crippen molar-refractivity contribution in [3.8, 4) is 28.4 Å². The molecule has 0 saturated carbocycles. The number of nitrogens with one attached hydrogen (secondary N) is 1. The first-order chi connectivity index (χ1) is 15.8. The molecular weight excluding hydrogens is 442 g/mol. The molecular formula is C25H27NO6S. The van der Waals surface area contributed by atoms with Gasteiger partial charge in [-0.1, -0.05) is 12.1 Å². The Balaban J connectivity index is 1.80. The maximum Gasteiger partial charge on any atom is 0.251 e. The van der Waals surface area contributed by atoms with Crippen LogP contribution in [0, 0.1) is 0 Å². The number of hydrogen-bond donors (Lipinski definition) is 1. The summed E-state index contributed by atoms with van der Waals surface area (Å²) in [5.74, 6) is 1.68. The monoisotopic (exact) mass is 469 g/mol. The van der Waals surface area contributed by atoms with Crippen LogP contribution in [0.1, 0.15) is 23.7 Å². The summed E-state index contributed by atoms with van der Waals surface area (Å²) in [5, 5.41) is 4.59. The van der Waals surface area contributed by atoms with Crippen LogP contribution < -0.4 is 19.5 Å². The molecule has 1 saturated heterocycles. The molecule has 4 rings (SSSR count). The van der Waals surface area contributed by atoms with Crippen molar-refractivity contribution >= 4 is 26.5 Å². The van der Waals surface area contributed by atoms with Crippen molar-refractivity contribution in [1.82, 2.24) is 5.32 Å². The van der Waals surface area contributed by atoms with Crippen LogP contribution in [0.4, 0.5) is 0 Å². The van der Waals surface area contributed by atoms with E-state index < -0.39 is 9.84 Å². The zero-order chi connectivity index (χ0) is 23.6. The maximum atomic E-state index is 13.1. The van der Waals surface area contributed by atoms with Gasteiger partial charge in [0, 0.05) is 11.6 Å². The Morgan fingerprint density at radius 1 is 1.03 bits per heavy atom. The highest BCUT2D eigenvalue weighted by molar-refractivity contribution is 7.91. The topological polar surface area (TPSA) is 90.9 Å². The Labute approximate surface area is 193 Å². The summed E-state index contributed by atoms with van der Waals surface area (Å²) < 4.78 is 40.1. The third kappa shape index (κ3) is 4.90. The van der Waals surface area contributed by atoms with Crippen molar-refractivity contribution in [2.75, 3.05) is 32.3 Å². The molecule has 0 aliphatic carbocycles. The van der Waals surface area contributed by atoms with E-state index in [0.717, 1.165) is 27.6 Å². The summed E-state index contributed by atoms with van der Waals surface area (Å²) in [7, 11) is 0.0530. The van der Waals surface area contributed by atoms with Crippen molar-refractivity contribution in [2.24, 2.45) is 0 Å². The minimum absolute atomic E-state index is 0.0247. The SMILES string of the molecule is CCOc1ccc(-c2cc(C(=O)N[C@H]3CCS(=O)(=O)C3)cc3cc(OC)c(OC)cc23)cc1. The molecule has 0 unspecified atom stereocenters. The lowest BCUT2D eigenvalue weighted by atomic mass is 9.94. The van der Waals surface area contributed by atoms with Crippen LogP contribution in [0.5, 0.6) is 17.2 Å². The lowest BCUT2D eigenvalue weighted by Crippen LogP contribution is -2.35. The van der Waals surface area contributed by atoms with Crippen LogP contribution in [-0.2, 0) is 9.84 Å². The number of sulfone groups is 1. The standard InChI is InChI=1S/C25H27NO6S/c1-4-32-20-7-5-16(6-8-20)21-12-18(25(27)26-19-9-10-33(28,29)15-19)11-17-13-23(30-2)24(31-3)14-22(17)21/h5-8,11-14,19H,4,9-10,15H2,1-3H3,(H,26,27)/t19-/m0/s1. The molecule has 8 heteroatoms. The summed E-state index contributed by atoms with van der Waals surface area (Å²) in [6, 6.07) is 14.6. The molecule has 33 heavy (non-hydrogen) atoms. The van der Waals surface area contributed by atoms with Crippen molar-refractivity contribution < 1.29 is 27.4 Å². The molecule has 0 bridgehead atoms. The fourth-order valence-electron chi connectivity index (χ4n) is 4.13. The second-order valence-electron chi connectivity index (χ2n) is 7.98. The van der Waals surface area contributed by atoms with E-state index in [9.17, 15) is 13.2 Å². The average Bonchev–Trinajstić information content (AvgIpc) is 3.15. The summed E-state index contributed by atoms with van der Waals surface area (Å²) in [5.41, 5.74) is 2.21. The fourth-order valence-corrected chi connectivity index (χ4v) is 5.81. The number of hydrogen-bond acceptors (Lipinski definition) is 6. The molecule has 3 aromatic rings. The van der Waals surface area contributed by atoms with Gasteiger partial charge in [0.1, 0.15) is 5.75 Å². The van der Waals surface area contributed by atoms with Gasteiger partial charge in [0.2, 0.25) is 0 Å². The zero-order valence-corrected chi connectivity index (χ0v) is 19.7. The van der Waals surface area contributed by atoms with Gasteiger partial charge < -0.3 is 19.5 Å². The molecule has 0 radical (unpaired) electrons. The van der Waals surface area contributed by atoms with Crippen LogP contribution in [-0.4, -0.2) is 52.7 Å². The van der Waals surface area contributed by atoms with Gasteiger partial charge in [0.25, 0.3) is 5.91 Å². The highest BCUT2D eigenvalue weighted by Crippen LogP contribution is 2.38. The number of amides is 1. The first-order valence-corrected chi connectivity index (χ1v) is 12.6. The van der Waals surface area contributed by atoms with Gasteiger partial charge in [-0.25, -0.2) is 8.42 Å². The Morgan fingerprint density at radius 3 is 2.33 bits per heavy atom. The molecule has 1 aliphatic rings. The molecule has 7 nitrogen and oxygen atoms in total. The molecule has 3 aromatic carbocycles. The van der Waals surface area contributed by atoms with Crippen LogP contribution in [0.3, 0.4) is 0 Å². The van der Waals surface area contributed by atoms with Gasteiger partial charge in [-0.3, -0.25) is 4.79 Å². The Hall–Kier alpha value is -3.26. The van der Waals surface area contributed by atoms with E-state index in [0.29, 0.717) is 30.1 Å². The minimum Gasteiger partial charge on any atom is -0.494 e. The highest BCUT2D eigenvalue weighted by Gasteiger charge is 2.29. The Bertz CT molecular complexity index is 1280. The summed E-state index contributed by atoms with van der Waals surface area (Å²) in [6.45, 7) is 2.50. The number of carbonyl (C=O) groups is 1. The first kappa shape index (κ1) is 22.9. The molecule has 1 N–H and O–H groups in total. The van der Waals surface area contributed by atoms with E-state index in [2.05, 4.69) is 5.32 Å². The van der Waals surface area contributed by atoms with E-state index in [4.69, 9.17) is 14.2 Å². The molecule has 1 atom stereocenters. The zero-order valence-electron chi connectivity index (χ0n) is 18.9. The normalized spacial score (nSPS) is 17.0. The smallest absolute Gasteiger partial charge is 0.251 e. The van der Waals surface area contributed by atoms with E-state index in [1.165, 1.54) is 0 Å². The molecule has 0 spiro atoms. The Kier molecular flexibility index (Phi) is 6.47. The number of methoxy groups -OCH3 is 2. The van der Waals surface area contributed by atoms with Crippen molar-refractivity contribution in [3.63, 3.8) is 0 Å². The lowest BCUT2D eigenvalue weighted by molar-refractivity contribution is 0.0941. The molecule has 0 aromatic heterocycles. The Morgan fingerprint density at radius 2 is 1.73 bits per heavy atom. The lowest BCUT2D eigenvalue weighted by Gasteiger charge is -2.16. The van der Waals surface area contributed by atoms with E-state index in [-0.39, 0.29) is 23.5 Å². The predicted molar refractivity (Wildman–Crippen MR) is 128 cm³/mol. The predicted octanol–water partition coefficient (Wildman–Crippen LogP) is 3.84. The van der Waals surface area contributed by atoms with E-state index in [1.807, 2.05) is 49.4 Å². The third-order valence-corrected chi connectivity index (χ3v) is 7.53. The maximum absolute atomic E-state index is 13.1. The van der Waals surface area contributed by atoms with Gasteiger partial charge in [-0.05, 0) is 71.6 Å². The number of ether oxygens (including phenoxy) is 3. The van der Waals surface area contributed by atoms with Gasteiger partial charge in [0.05, 0.1) is 32.3 Å². The first-order valence-electron chi connectivity index (χ1n) is 10.8. The summed E-state index contributed by atoms with van der Waals surface area (Å²) in [4.78, 5) is 13.1. The number of carbonyl (C=O) groups excluding carboxylic acids is 1. The van der Waals surface area contributed by atoms with Crippen LogP contribution in [0.2, 0.25) is 0 Å². The second-order valence-corrected chi connectivity index (χ2v) is 10.2. The molecule has 1 heterocycles. The number of rotatable bonds is 7. The van der Waals surface area contributed by atoms with E-state index in [1.54, 1.807) is 20.3 Å². The van der Waals surface area contributed by atoms with Crippen molar-refractivity contribution in [2.45, 2.75) is 19.4 Å². The van der Waals surface area contributed by atoms with Crippen molar-refractivity contribution in [1.29, 1.82) is 0 Å². The van der Waals surface area contributed by atoms with Crippen LogP contribution in [0.15, 0.2) is 48.5 Å².